The highest BCUT2D eigenvalue weighted by Crippen LogP contribution is 2.29. The first-order valence-electron chi connectivity index (χ1n) is 10.8. The summed E-state index contributed by atoms with van der Waals surface area (Å²) >= 11 is 0. The van der Waals surface area contributed by atoms with Gasteiger partial charge in [0.2, 0.25) is 0 Å². The Bertz CT molecular complexity index is 1010. The number of piperidine rings is 1. The van der Waals surface area contributed by atoms with E-state index < -0.39 is 0 Å². The SMILES string of the molecule is COc1ccccc1-c1cc(C(=O)NCc2ccc(CN3CCCC(C)C3)cc2)no1. The number of nitrogens with one attached hydrogen (secondary N) is 1. The van der Waals surface area contributed by atoms with Crippen molar-refractivity contribution < 1.29 is 14.1 Å². The lowest BCUT2D eigenvalue weighted by Gasteiger charge is -2.30. The Kier molecular flexibility index (Phi) is 6.67. The number of hydrogen-bond acceptors (Lipinski definition) is 5. The number of hydrogen-bond donors (Lipinski definition) is 1. The largest absolute Gasteiger partial charge is 0.496 e. The highest BCUT2D eigenvalue weighted by Gasteiger charge is 2.17. The van der Waals surface area contributed by atoms with Crippen LogP contribution in [0.5, 0.6) is 5.75 Å². The average Bonchev–Trinajstić information content (AvgIpc) is 3.29. The summed E-state index contributed by atoms with van der Waals surface area (Å²) < 4.78 is 10.7. The minimum Gasteiger partial charge on any atom is -0.496 e. The third-order valence-electron chi connectivity index (χ3n) is 5.74. The van der Waals surface area contributed by atoms with Crippen LogP contribution >= 0.6 is 0 Å². The van der Waals surface area contributed by atoms with E-state index in [1.165, 1.54) is 31.5 Å². The van der Waals surface area contributed by atoms with Crippen molar-refractivity contribution in [3.8, 4) is 17.1 Å². The van der Waals surface area contributed by atoms with Crippen molar-refractivity contribution in [2.45, 2.75) is 32.9 Å². The molecule has 0 aliphatic carbocycles. The summed E-state index contributed by atoms with van der Waals surface area (Å²) in [6.07, 6.45) is 2.62. The molecule has 1 saturated heterocycles. The standard InChI is InChI=1S/C25H29N3O3/c1-18-6-5-13-28(16-18)17-20-11-9-19(10-12-20)15-26-25(29)22-14-24(31-27-22)21-7-3-4-8-23(21)30-2/h3-4,7-12,14,18H,5-6,13,15-17H2,1-2H3,(H,26,29). The van der Waals surface area contributed by atoms with Gasteiger partial charge in [-0.3, -0.25) is 9.69 Å². The van der Waals surface area contributed by atoms with E-state index in [4.69, 9.17) is 9.26 Å². The summed E-state index contributed by atoms with van der Waals surface area (Å²) in [5, 5.41) is 6.83. The van der Waals surface area contributed by atoms with Gasteiger partial charge in [-0.15, -0.1) is 0 Å². The lowest BCUT2D eigenvalue weighted by molar-refractivity contribution is 0.0942. The molecular weight excluding hydrogens is 390 g/mol. The summed E-state index contributed by atoms with van der Waals surface area (Å²) in [6.45, 7) is 6.10. The van der Waals surface area contributed by atoms with Crippen molar-refractivity contribution in [3.05, 3.63) is 71.4 Å². The van der Waals surface area contributed by atoms with Crippen molar-refractivity contribution in [1.82, 2.24) is 15.4 Å². The zero-order valence-electron chi connectivity index (χ0n) is 18.1. The molecule has 0 spiro atoms. The van der Waals surface area contributed by atoms with E-state index in [1.807, 2.05) is 24.3 Å². The van der Waals surface area contributed by atoms with Gasteiger partial charge in [0.05, 0.1) is 12.7 Å². The maximum Gasteiger partial charge on any atom is 0.273 e. The van der Waals surface area contributed by atoms with E-state index in [9.17, 15) is 4.79 Å². The number of aromatic nitrogens is 1. The van der Waals surface area contributed by atoms with E-state index in [1.54, 1.807) is 13.2 Å². The minimum atomic E-state index is -0.267. The minimum absolute atomic E-state index is 0.247. The molecule has 0 radical (unpaired) electrons. The van der Waals surface area contributed by atoms with E-state index >= 15 is 0 Å². The Morgan fingerprint density at radius 1 is 1.19 bits per heavy atom. The monoisotopic (exact) mass is 419 g/mol. The maximum absolute atomic E-state index is 12.5. The second-order valence-electron chi connectivity index (χ2n) is 8.26. The molecule has 1 unspecified atom stereocenters. The van der Waals surface area contributed by atoms with Crippen LogP contribution in [0.1, 0.15) is 41.4 Å². The van der Waals surface area contributed by atoms with Gasteiger partial charge < -0.3 is 14.6 Å². The van der Waals surface area contributed by atoms with E-state index in [0.717, 1.165) is 23.6 Å². The second-order valence-corrected chi connectivity index (χ2v) is 8.26. The summed E-state index contributed by atoms with van der Waals surface area (Å²) in [4.78, 5) is 15.0. The number of likely N-dealkylation sites (tertiary alicyclic amines) is 1. The maximum atomic E-state index is 12.5. The Hall–Kier alpha value is -3.12. The van der Waals surface area contributed by atoms with Gasteiger partial charge in [-0.1, -0.05) is 48.5 Å². The van der Waals surface area contributed by atoms with E-state index in [2.05, 4.69) is 46.6 Å². The van der Waals surface area contributed by atoms with Crippen LogP contribution in [0.15, 0.2) is 59.1 Å². The quantitative estimate of drug-likeness (QED) is 0.610. The molecular formula is C25H29N3O3. The van der Waals surface area contributed by atoms with Crippen LogP contribution in [0.25, 0.3) is 11.3 Å². The van der Waals surface area contributed by atoms with Gasteiger partial charge >= 0.3 is 0 Å². The highest BCUT2D eigenvalue weighted by atomic mass is 16.5. The van der Waals surface area contributed by atoms with Crippen LogP contribution in [0.3, 0.4) is 0 Å². The van der Waals surface area contributed by atoms with Crippen LogP contribution in [0.2, 0.25) is 0 Å². The normalized spacial score (nSPS) is 16.8. The fourth-order valence-corrected chi connectivity index (χ4v) is 4.08. The molecule has 1 atom stereocenters. The van der Waals surface area contributed by atoms with Crippen molar-refractivity contribution in [2.75, 3.05) is 20.2 Å². The fourth-order valence-electron chi connectivity index (χ4n) is 4.08. The van der Waals surface area contributed by atoms with Crippen molar-refractivity contribution in [1.29, 1.82) is 0 Å². The van der Waals surface area contributed by atoms with Crippen molar-refractivity contribution in [3.63, 3.8) is 0 Å². The molecule has 1 amide bonds. The Labute approximate surface area is 183 Å². The predicted octanol–water partition coefficient (Wildman–Crippen LogP) is 4.51. The molecule has 1 aliphatic rings. The van der Waals surface area contributed by atoms with Crippen molar-refractivity contribution in [2.24, 2.45) is 5.92 Å². The molecule has 31 heavy (non-hydrogen) atoms. The zero-order valence-corrected chi connectivity index (χ0v) is 18.1. The lowest BCUT2D eigenvalue weighted by Crippen LogP contribution is -2.33. The Morgan fingerprint density at radius 2 is 1.97 bits per heavy atom. The fraction of sp³-hybridized carbons (Fsp3) is 0.360. The number of methoxy groups -OCH3 is 1. The first kappa shape index (κ1) is 21.1. The van der Waals surface area contributed by atoms with Crippen LogP contribution < -0.4 is 10.1 Å². The molecule has 2 heterocycles. The molecule has 162 valence electrons. The summed E-state index contributed by atoms with van der Waals surface area (Å²) in [7, 11) is 1.60. The summed E-state index contributed by atoms with van der Waals surface area (Å²) in [5.41, 5.74) is 3.37. The van der Waals surface area contributed by atoms with Gasteiger partial charge in [0.1, 0.15) is 5.75 Å². The molecule has 1 fully saturated rings. The third kappa shape index (κ3) is 5.33. The van der Waals surface area contributed by atoms with Gasteiger partial charge in [-0.05, 0) is 48.6 Å². The Morgan fingerprint density at radius 3 is 2.74 bits per heavy atom. The van der Waals surface area contributed by atoms with E-state index in [-0.39, 0.29) is 11.6 Å². The molecule has 3 aromatic rings. The number of carbonyl (C=O) groups excluding carboxylic acids is 1. The Balaban J connectivity index is 1.32. The third-order valence-corrected chi connectivity index (χ3v) is 5.74. The number of benzene rings is 2. The highest BCUT2D eigenvalue weighted by molar-refractivity contribution is 5.93. The number of carbonyl (C=O) groups is 1. The second kappa shape index (κ2) is 9.79. The number of amides is 1. The van der Waals surface area contributed by atoms with Crippen LogP contribution in [0.4, 0.5) is 0 Å². The van der Waals surface area contributed by atoms with Crippen LogP contribution in [-0.4, -0.2) is 36.2 Å². The summed E-state index contributed by atoms with van der Waals surface area (Å²) in [5.74, 6) is 1.68. The van der Waals surface area contributed by atoms with Crippen LogP contribution in [0, 0.1) is 5.92 Å². The topological polar surface area (TPSA) is 67.6 Å². The average molecular weight is 420 g/mol. The molecule has 0 bridgehead atoms. The predicted molar refractivity (Wildman–Crippen MR) is 120 cm³/mol. The van der Waals surface area contributed by atoms with Gasteiger partial charge in [0.15, 0.2) is 11.5 Å². The van der Waals surface area contributed by atoms with Gasteiger partial charge in [0, 0.05) is 25.7 Å². The lowest BCUT2D eigenvalue weighted by atomic mass is 9.99. The first-order valence-corrected chi connectivity index (χ1v) is 10.8. The summed E-state index contributed by atoms with van der Waals surface area (Å²) in [6, 6.07) is 17.6. The van der Waals surface area contributed by atoms with Gasteiger partial charge in [-0.25, -0.2) is 0 Å². The zero-order chi connectivity index (χ0) is 21.6. The molecule has 1 aromatic heterocycles. The number of para-hydroxylation sites is 1. The van der Waals surface area contributed by atoms with Crippen molar-refractivity contribution >= 4 is 5.91 Å². The molecule has 2 aromatic carbocycles. The number of rotatable bonds is 7. The molecule has 4 rings (SSSR count). The molecule has 6 heteroatoms. The van der Waals surface area contributed by atoms with Crippen LogP contribution in [-0.2, 0) is 13.1 Å². The molecule has 6 nitrogen and oxygen atoms in total. The van der Waals surface area contributed by atoms with Gasteiger partial charge in [0.25, 0.3) is 5.91 Å². The first-order chi connectivity index (χ1) is 15.1. The number of nitrogens with zero attached hydrogens (tertiary/aromatic N) is 2. The number of ether oxygens (including phenoxy) is 1. The van der Waals surface area contributed by atoms with Gasteiger partial charge in [-0.2, -0.15) is 0 Å². The smallest absolute Gasteiger partial charge is 0.273 e. The molecule has 0 saturated carbocycles. The van der Waals surface area contributed by atoms with E-state index in [0.29, 0.717) is 18.1 Å². The molecule has 1 aliphatic heterocycles. The molecule has 1 N–H and O–H groups in total.